The van der Waals surface area contributed by atoms with Gasteiger partial charge in [-0.3, -0.25) is 0 Å². The van der Waals surface area contributed by atoms with E-state index in [4.69, 9.17) is 10.5 Å². The number of ether oxygens (including phenoxy) is 1. The first-order chi connectivity index (χ1) is 9.11. The second kappa shape index (κ2) is 6.17. The third kappa shape index (κ3) is 3.33. The van der Waals surface area contributed by atoms with Gasteiger partial charge in [0.2, 0.25) is 0 Å². The van der Waals surface area contributed by atoms with Gasteiger partial charge >= 0.3 is 0 Å². The Morgan fingerprint density at radius 3 is 2.74 bits per heavy atom. The molecule has 4 heteroatoms. The summed E-state index contributed by atoms with van der Waals surface area (Å²) < 4.78 is 19.4. The van der Waals surface area contributed by atoms with Crippen molar-refractivity contribution in [3.05, 3.63) is 63.4 Å². The highest BCUT2D eigenvalue weighted by molar-refractivity contribution is 9.10. The first kappa shape index (κ1) is 14.0. The normalized spacial score (nSPS) is 10.5. The molecule has 0 aliphatic carbocycles. The molecule has 2 aromatic rings. The quantitative estimate of drug-likeness (QED) is 0.925. The molecule has 0 fully saturated rings. The van der Waals surface area contributed by atoms with Crippen LogP contribution in [0.5, 0.6) is 5.75 Å². The lowest BCUT2D eigenvalue weighted by atomic mass is 10.1. The van der Waals surface area contributed by atoms with Gasteiger partial charge in [-0.2, -0.15) is 0 Å². The molecule has 2 aromatic carbocycles. The summed E-state index contributed by atoms with van der Waals surface area (Å²) in [5.41, 5.74) is 8.62. The van der Waals surface area contributed by atoms with Gasteiger partial charge in [-0.1, -0.05) is 24.3 Å². The zero-order valence-corrected chi connectivity index (χ0v) is 12.2. The molecule has 0 bridgehead atoms. The SMILES string of the molecule is Cc1cccc(CN)c1OCc1ccc(F)c(Br)c1. The lowest BCUT2D eigenvalue weighted by Gasteiger charge is -2.13. The van der Waals surface area contributed by atoms with Gasteiger partial charge < -0.3 is 10.5 Å². The minimum atomic E-state index is -0.276. The van der Waals surface area contributed by atoms with Crippen LogP contribution in [-0.4, -0.2) is 0 Å². The number of benzene rings is 2. The number of aryl methyl sites for hydroxylation is 1. The largest absolute Gasteiger partial charge is 0.488 e. The van der Waals surface area contributed by atoms with Crippen molar-refractivity contribution in [2.45, 2.75) is 20.1 Å². The molecule has 2 nitrogen and oxygen atoms in total. The van der Waals surface area contributed by atoms with E-state index < -0.39 is 0 Å². The molecule has 0 unspecified atom stereocenters. The second-order valence-corrected chi connectivity index (χ2v) is 5.16. The molecular weight excluding hydrogens is 309 g/mol. The van der Waals surface area contributed by atoms with Gasteiger partial charge in [0.05, 0.1) is 4.47 Å². The number of halogens is 2. The number of rotatable bonds is 4. The molecule has 0 spiro atoms. The van der Waals surface area contributed by atoms with Crippen LogP contribution >= 0.6 is 15.9 Å². The highest BCUT2D eigenvalue weighted by Crippen LogP contribution is 2.25. The van der Waals surface area contributed by atoms with Crippen LogP contribution in [0.1, 0.15) is 16.7 Å². The second-order valence-electron chi connectivity index (χ2n) is 4.30. The summed E-state index contributed by atoms with van der Waals surface area (Å²) in [6.07, 6.45) is 0. The molecule has 0 saturated heterocycles. The van der Waals surface area contributed by atoms with Crippen molar-refractivity contribution in [3.8, 4) is 5.75 Å². The fourth-order valence-electron chi connectivity index (χ4n) is 1.87. The summed E-state index contributed by atoms with van der Waals surface area (Å²) >= 11 is 3.16. The van der Waals surface area contributed by atoms with Gasteiger partial charge in [-0.15, -0.1) is 0 Å². The van der Waals surface area contributed by atoms with Gasteiger partial charge in [0.1, 0.15) is 18.2 Å². The number of hydrogen-bond donors (Lipinski definition) is 1. The van der Waals surface area contributed by atoms with Crippen LogP contribution < -0.4 is 10.5 Å². The Kier molecular flexibility index (Phi) is 4.56. The average molecular weight is 324 g/mol. The maximum Gasteiger partial charge on any atom is 0.137 e. The molecule has 0 aromatic heterocycles. The van der Waals surface area contributed by atoms with Crippen LogP contribution in [0.15, 0.2) is 40.9 Å². The van der Waals surface area contributed by atoms with Crippen LogP contribution in [0, 0.1) is 12.7 Å². The van der Waals surface area contributed by atoms with E-state index in [2.05, 4.69) is 15.9 Å². The predicted octanol–water partition coefficient (Wildman–Crippen LogP) is 3.93. The smallest absolute Gasteiger partial charge is 0.137 e. The molecule has 2 N–H and O–H groups in total. The Morgan fingerprint density at radius 2 is 2.05 bits per heavy atom. The topological polar surface area (TPSA) is 35.2 Å². The van der Waals surface area contributed by atoms with Crippen LogP contribution in [0.2, 0.25) is 0 Å². The summed E-state index contributed by atoms with van der Waals surface area (Å²) in [5, 5.41) is 0. The van der Waals surface area contributed by atoms with Gasteiger partial charge in [0.15, 0.2) is 0 Å². The minimum Gasteiger partial charge on any atom is -0.488 e. The van der Waals surface area contributed by atoms with Crippen molar-refractivity contribution >= 4 is 15.9 Å². The van der Waals surface area contributed by atoms with Crippen molar-refractivity contribution < 1.29 is 9.13 Å². The molecule has 0 aliphatic rings. The van der Waals surface area contributed by atoms with Crippen molar-refractivity contribution in [2.24, 2.45) is 5.73 Å². The fraction of sp³-hybridized carbons (Fsp3) is 0.200. The summed E-state index contributed by atoms with van der Waals surface area (Å²) in [7, 11) is 0. The van der Waals surface area contributed by atoms with E-state index in [0.29, 0.717) is 17.6 Å². The third-order valence-electron chi connectivity index (χ3n) is 2.88. The molecule has 2 rings (SSSR count). The van der Waals surface area contributed by atoms with Crippen LogP contribution in [0.3, 0.4) is 0 Å². The Hall–Kier alpha value is -1.39. The predicted molar refractivity (Wildman–Crippen MR) is 77.5 cm³/mol. The van der Waals surface area contributed by atoms with E-state index in [1.54, 1.807) is 12.1 Å². The molecule has 0 radical (unpaired) electrons. The number of para-hydroxylation sites is 1. The number of nitrogens with two attached hydrogens (primary N) is 1. The van der Waals surface area contributed by atoms with E-state index in [-0.39, 0.29) is 5.82 Å². The van der Waals surface area contributed by atoms with Crippen molar-refractivity contribution in [2.75, 3.05) is 0 Å². The van der Waals surface area contributed by atoms with Gasteiger partial charge in [-0.25, -0.2) is 4.39 Å². The minimum absolute atomic E-state index is 0.276. The van der Waals surface area contributed by atoms with Crippen molar-refractivity contribution in [3.63, 3.8) is 0 Å². The van der Waals surface area contributed by atoms with Crippen molar-refractivity contribution in [1.29, 1.82) is 0 Å². The Bertz CT molecular complexity index is 586. The first-order valence-corrected chi connectivity index (χ1v) is 6.76. The Morgan fingerprint density at radius 1 is 1.26 bits per heavy atom. The first-order valence-electron chi connectivity index (χ1n) is 5.97. The highest BCUT2D eigenvalue weighted by Gasteiger charge is 2.07. The maximum absolute atomic E-state index is 13.1. The maximum atomic E-state index is 13.1. The van der Waals surface area contributed by atoms with E-state index in [9.17, 15) is 4.39 Å². The van der Waals surface area contributed by atoms with Gasteiger partial charge in [0.25, 0.3) is 0 Å². The zero-order chi connectivity index (χ0) is 13.8. The van der Waals surface area contributed by atoms with Crippen LogP contribution in [0.25, 0.3) is 0 Å². The molecular formula is C15H15BrFNO. The molecule has 100 valence electrons. The Balaban J connectivity index is 2.16. The average Bonchev–Trinajstić information content (AvgIpc) is 2.41. The van der Waals surface area contributed by atoms with E-state index >= 15 is 0 Å². The zero-order valence-electron chi connectivity index (χ0n) is 10.6. The molecule has 0 saturated carbocycles. The van der Waals surface area contributed by atoms with E-state index in [0.717, 1.165) is 22.4 Å². The fourth-order valence-corrected chi connectivity index (χ4v) is 2.29. The highest BCUT2D eigenvalue weighted by atomic mass is 79.9. The Labute approximate surface area is 120 Å². The molecule has 0 heterocycles. The summed E-state index contributed by atoms with van der Waals surface area (Å²) in [4.78, 5) is 0. The number of hydrogen-bond acceptors (Lipinski definition) is 2. The summed E-state index contributed by atoms with van der Waals surface area (Å²) in [6.45, 7) is 2.80. The lowest BCUT2D eigenvalue weighted by molar-refractivity contribution is 0.300. The third-order valence-corrected chi connectivity index (χ3v) is 3.49. The van der Waals surface area contributed by atoms with Crippen LogP contribution in [-0.2, 0) is 13.2 Å². The summed E-state index contributed by atoms with van der Waals surface area (Å²) in [6, 6.07) is 10.7. The molecule has 0 amide bonds. The molecule has 19 heavy (non-hydrogen) atoms. The van der Waals surface area contributed by atoms with Crippen LogP contribution in [0.4, 0.5) is 4.39 Å². The standard InChI is InChI=1S/C15H15BrFNO/c1-10-3-2-4-12(8-18)15(10)19-9-11-5-6-14(17)13(16)7-11/h2-7H,8-9,18H2,1H3. The van der Waals surface area contributed by atoms with Crippen molar-refractivity contribution in [1.82, 2.24) is 0 Å². The molecule has 0 atom stereocenters. The van der Waals surface area contributed by atoms with Gasteiger partial charge in [0, 0.05) is 12.1 Å². The monoisotopic (exact) mass is 323 g/mol. The lowest BCUT2D eigenvalue weighted by Crippen LogP contribution is -2.04. The summed E-state index contributed by atoms with van der Waals surface area (Å²) in [5.74, 6) is 0.535. The van der Waals surface area contributed by atoms with E-state index in [1.165, 1.54) is 6.07 Å². The van der Waals surface area contributed by atoms with E-state index in [1.807, 2.05) is 25.1 Å². The molecule has 0 aliphatic heterocycles. The van der Waals surface area contributed by atoms with Gasteiger partial charge in [-0.05, 0) is 46.1 Å².